The zero-order valence-electron chi connectivity index (χ0n) is 14.7. The summed E-state index contributed by atoms with van der Waals surface area (Å²) in [4.78, 5) is 24.6. The normalized spacial score (nSPS) is 14.7. The summed E-state index contributed by atoms with van der Waals surface area (Å²) in [6.45, 7) is 2.41. The Kier molecular flexibility index (Phi) is 6.06. The second-order valence-electron chi connectivity index (χ2n) is 6.25. The molecule has 2 aromatic rings. The van der Waals surface area contributed by atoms with Crippen molar-refractivity contribution in [3.8, 4) is 0 Å². The van der Waals surface area contributed by atoms with E-state index in [9.17, 15) is 14.9 Å². The Morgan fingerprint density at radius 2 is 1.93 bits per heavy atom. The Labute approximate surface area is 157 Å². The van der Waals surface area contributed by atoms with Gasteiger partial charge in [0.05, 0.1) is 11.1 Å². The van der Waals surface area contributed by atoms with Crippen LogP contribution < -0.4 is 5.43 Å². The SMILES string of the molecule is O=C(N/N=C\c1ccc([N+](=O)[O-])cc1)C1=CCN(Cc2ccccc2)CC1. The molecule has 0 unspecified atom stereocenters. The van der Waals surface area contributed by atoms with Gasteiger partial charge in [-0.3, -0.25) is 19.8 Å². The molecule has 0 aromatic heterocycles. The molecule has 0 fully saturated rings. The van der Waals surface area contributed by atoms with Gasteiger partial charge in [-0.1, -0.05) is 36.4 Å². The minimum absolute atomic E-state index is 0.0172. The lowest BCUT2D eigenvalue weighted by atomic mass is 10.1. The van der Waals surface area contributed by atoms with E-state index in [1.54, 1.807) is 12.1 Å². The summed E-state index contributed by atoms with van der Waals surface area (Å²) in [5.74, 6) is -0.215. The number of hydrazone groups is 1. The zero-order valence-corrected chi connectivity index (χ0v) is 14.7. The molecule has 7 heteroatoms. The summed E-state index contributed by atoms with van der Waals surface area (Å²) < 4.78 is 0. The van der Waals surface area contributed by atoms with Crippen LogP contribution in [0.3, 0.4) is 0 Å². The molecule has 3 rings (SSSR count). The minimum Gasteiger partial charge on any atom is -0.295 e. The Morgan fingerprint density at radius 3 is 2.56 bits per heavy atom. The quantitative estimate of drug-likeness (QED) is 0.485. The molecule has 2 aromatic carbocycles. The van der Waals surface area contributed by atoms with Gasteiger partial charge in [-0.05, 0) is 29.7 Å². The van der Waals surface area contributed by atoms with Gasteiger partial charge in [-0.15, -0.1) is 0 Å². The van der Waals surface area contributed by atoms with Gasteiger partial charge in [0.15, 0.2) is 0 Å². The molecule has 1 aliphatic heterocycles. The van der Waals surface area contributed by atoms with Crippen LogP contribution in [0, 0.1) is 10.1 Å². The van der Waals surface area contributed by atoms with Gasteiger partial charge in [0.2, 0.25) is 0 Å². The average molecular weight is 364 g/mol. The highest BCUT2D eigenvalue weighted by Gasteiger charge is 2.16. The van der Waals surface area contributed by atoms with E-state index in [2.05, 4.69) is 27.6 Å². The van der Waals surface area contributed by atoms with E-state index in [1.807, 2.05) is 24.3 Å². The Bertz CT molecular complexity index is 861. The number of nitrogens with zero attached hydrogens (tertiary/aromatic N) is 3. The summed E-state index contributed by atoms with van der Waals surface area (Å²) in [7, 11) is 0. The fraction of sp³-hybridized carbons (Fsp3) is 0.200. The van der Waals surface area contributed by atoms with Crippen LogP contribution in [0.5, 0.6) is 0 Å². The van der Waals surface area contributed by atoms with Crippen LogP contribution in [-0.4, -0.2) is 35.0 Å². The third-order valence-electron chi connectivity index (χ3n) is 4.32. The smallest absolute Gasteiger partial charge is 0.269 e. The first-order chi connectivity index (χ1) is 13.1. The lowest BCUT2D eigenvalue weighted by Crippen LogP contribution is -2.32. The Morgan fingerprint density at radius 1 is 1.19 bits per heavy atom. The third kappa shape index (κ3) is 5.32. The van der Waals surface area contributed by atoms with E-state index < -0.39 is 4.92 Å². The van der Waals surface area contributed by atoms with Crippen molar-refractivity contribution < 1.29 is 9.72 Å². The van der Waals surface area contributed by atoms with E-state index in [0.717, 1.165) is 25.2 Å². The second-order valence-corrected chi connectivity index (χ2v) is 6.25. The van der Waals surface area contributed by atoms with Gasteiger partial charge in [-0.2, -0.15) is 5.10 Å². The van der Waals surface area contributed by atoms with Crippen LogP contribution in [0.4, 0.5) is 5.69 Å². The highest BCUT2D eigenvalue weighted by atomic mass is 16.6. The summed E-state index contributed by atoms with van der Waals surface area (Å²) in [6.07, 6.45) is 4.07. The van der Waals surface area contributed by atoms with E-state index in [0.29, 0.717) is 12.0 Å². The van der Waals surface area contributed by atoms with Crippen molar-refractivity contribution in [1.82, 2.24) is 10.3 Å². The number of hydrogen-bond donors (Lipinski definition) is 1. The van der Waals surface area contributed by atoms with E-state index in [-0.39, 0.29) is 11.6 Å². The second kappa shape index (κ2) is 8.86. The lowest BCUT2D eigenvalue weighted by Gasteiger charge is -2.25. The Balaban J connectivity index is 1.49. The molecule has 1 amide bonds. The maximum atomic E-state index is 12.2. The number of nitrogens with one attached hydrogen (secondary N) is 1. The topological polar surface area (TPSA) is 87.8 Å². The fourth-order valence-electron chi connectivity index (χ4n) is 2.82. The molecule has 0 bridgehead atoms. The molecule has 1 N–H and O–H groups in total. The molecule has 0 aliphatic carbocycles. The summed E-state index contributed by atoms with van der Waals surface area (Å²) in [5.41, 5.74) is 5.18. The summed E-state index contributed by atoms with van der Waals surface area (Å²) in [6, 6.07) is 16.2. The molecule has 138 valence electrons. The van der Waals surface area contributed by atoms with Gasteiger partial charge in [-0.25, -0.2) is 5.43 Å². The van der Waals surface area contributed by atoms with Gasteiger partial charge in [0, 0.05) is 37.3 Å². The third-order valence-corrected chi connectivity index (χ3v) is 4.32. The number of nitro benzene ring substituents is 1. The van der Waals surface area contributed by atoms with Crippen LogP contribution >= 0.6 is 0 Å². The molecular formula is C20H20N4O3. The van der Waals surface area contributed by atoms with Crippen molar-refractivity contribution in [2.75, 3.05) is 13.1 Å². The predicted molar refractivity (Wildman–Crippen MR) is 103 cm³/mol. The number of carbonyl (C=O) groups is 1. The maximum Gasteiger partial charge on any atom is 0.269 e. The van der Waals surface area contributed by atoms with Crippen LogP contribution in [0.15, 0.2) is 71.3 Å². The van der Waals surface area contributed by atoms with Gasteiger partial charge >= 0.3 is 0 Å². The first-order valence-electron chi connectivity index (χ1n) is 8.65. The lowest BCUT2D eigenvalue weighted by molar-refractivity contribution is -0.384. The van der Waals surface area contributed by atoms with Crippen LogP contribution in [0.1, 0.15) is 17.5 Å². The maximum absolute atomic E-state index is 12.2. The standard InChI is InChI=1S/C20H20N4O3/c25-20(22-21-14-16-6-8-19(9-7-16)24(26)27)18-10-12-23(13-11-18)15-17-4-2-1-3-5-17/h1-10,14H,11-13,15H2,(H,22,25)/b21-14-. The predicted octanol–water partition coefficient (Wildman–Crippen LogP) is 2.88. The van der Waals surface area contributed by atoms with Crippen molar-refractivity contribution >= 4 is 17.8 Å². The molecule has 0 saturated heterocycles. The summed E-state index contributed by atoms with van der Waals surface area (Å²) >= 11 is 0. The van der Waals surface area contributed by atoms with Crippen molar-refractivity contribution in [3.63, 3.8) is 0 Å². The highest BCUT2D eigenvalue weighted by Crippen LogP contribution is 2.14. The molecule has 0 spiro atoms. The van der Waals surface area contributed by atoms with Crippen LogP contribution in [0.25, 0.3) is 0 Å². The highest BCUT2D eigenvalue weighted by molar-refractivity contribution is 5.94. The molecule has 0 radical (unpaired) electrons. The van der Waals surface area contributed by atoms with Gasteiger partial charge < -0.3 is 0 Å². The number of carbonyl (C=O) groups excluding carboxylic acids is 1. The largest absolute Gasteiger partial charge is 0.295 e. The zero-order chi connectivity index (χ0) is 19.1. The number of non-ortho nitro benzene ring substituents is 1. The summed E-state index contributed by atoms with van der Waals surface area (Å²) in [5, 5.41) is 14.6. The van der Waals surface area contributed by atoms with E-state index >= 15 is 0 Å². The molecule has 1 heterocycles. The fourth-order valence-corrected chi connectivity index (χ4v) is 2.82. The average Bonchev–Trinajstić information content (AvgIpc) is 2.69. The van der Waals surface area contributed by atoms with Gasteiger partial charge in [0.25, 0.3) is 11.6 Å². The first kappa shape index (κ1) is 18.5. The molecule has 7 nitrogen and oxygen atoms in total. The van der Waals surface area contributed by atoms with Crippen molar-refractivity contribution in [1.29, 1.82) is 0 Å². The van der Waals surface area contributed by atoms with Crippen molar-refractivity contribution in [2.45, 2.75) is 13.0 Å². The van der Waals surface area contributed by atoms with E-state index in [4.69, 9.17) is 0 Å². The minimum atomic E-state index is -0.459. The molecule has 0 atom stereocenters. The van der Waals surface area contributed by atoms with Crippen LogP contribution in [-0.2, 0) is 11.3 Å². The van der Waals surface area contributed by atoms with Crippen molar-refractivity contribution in [2.24, 2.45) is 5.10 Å². The monoisotopic (exact) mass is 364 g/mol. The van der Waals surface area contributed by atoms with Crippen molar-refractivity contribution in [3.05, 3.63) is 87.5 Å². The number of rotatable bonds is 6. The number of hydrogen-bond acceptors (Lipinski definition) is 5. The number of benzene rings is 2. The van der Waals surface area contributed by atoms with E-state index in [1.165, 1.54) is 23.9 Å². The van der Waals surface area contributed by atoms with Crippen LogP contribution in [0.2, 0.25) is 0 Å². The Hall–Kier alpha value is -3.32. The van der Waals surface area contributed by atoms with Gasteiger partial charge in [0.1, 0.15) is 0 Å². The molecule has 1 aliphatic rings. The molecule has 27 heavy (non-hydrogen) atoms. The molecular weight excluding hydrogens is 344 g/mol. The first-order valence-corrected chi connectivity index (χ1v) is 8.65. The number of nitro groups is 1. The molecule has 0 saturated carbocycles. The number of amides is 1.